The lowest BCUT2D eigenvalue weighted by Gasteiger charge is -2.09. The number of hydrogen-bond donors (Lipinski definition) is 2. The predicted octanol–water partition coefficient (Wildman–Crippen LogP) is 3.45. The summed E-state index contributed by atoms with van der Waals surface area (Å²) >= 11 is 9.19. The average Bonchev–Trinajstić information content (AvgIpc) is 2.42. The number of nitrogens with one attached hydrogen (secondary N) is 1. The number of carbonyl (C=O) groups is 2. The van der Waals surface area contributed by atoms with Gasteiger partial charge in [-0.2, -0.15) is 0 Å². The molecule has 4 nitrogen and oxygen atoms in total. The van der Waals surface area contributed by atoms with E-state index in [1.165, 1.54) is 6.07 Å². The summed E-state index contributed by atoms with van der Waals surface area (Å²) in [7, 11) is 0. The third-order valence-corrected chi connectivity index (χ3v) is 3.85. The first-order valence-corrected chi connectivity index (χ1v) is 6.81. The Balaban J connectivity index is 2.28. The minimum absolute atomic E-state index is 0.254. The third kappa shape index (κ3) is 3.18. The lowest BCUT2D eigenvalue weighted by Crippen LogP contribution is -2.18. The van der Waals surface area contributed by atoms with Crippen molar-refractivity contribution in [3.05, 3.63) is 63.1 Å². The Hall–Kier alpha value is -1.85. The van der Waals surface area contributed by atoms with E-state index in [-0.39, 0.29) is 11.5 Å². The molecule has 0 bridgehead atoms. The maximum absolute atomic E-state index is 12.1. The molecule has 2 aromatic rings. The molecule has 0 heterocycles. The van der Waals surface area contributed by atoms with Gasteiger partial charge in [-0.15, -0.1) is 0 Å². The quantitative estimate of drug-likeness (QED) is 0.887. The van der Waals surface area contributed by atoms with E-state index < -0.39 is 5.91 Å². The second-order valence-corrected chi connectivity index (χ2v) is 5.25. The highest BCUT2D eigenvalue weighted by Crippen LogP contribution is 2.24. The molecule has 0 aliphatic heterocycles. The van der Waals surface area contributed by atoms with Crippen molar-refractivity contribution in [1.82, 2.24) is 0 Å². The van der Waals surface area contributed by atoms with Crippen molar-refractivity contribution in [2.24, 2.45) is 5.73 Å². The molecule has 2 aromatic carbocycles. The summed E-state index contributed by atoms with van der Waals surface area (Å²) in [6.07, 6.45) is 0. The van der Waals surface area contributed by atoms with Gasteiger partial charge < -0.3 is 11.1 Å². The van der Waals surface area contributed by atoms with E-state index in [0.29, 0.717) is 20.7 Å². The highest BCUT2D eigenvalue weighted by Gasteiger charge is 2.12. The van der Waals surface area contributed by atoms with Crippen LogP contribution in [0.1, 0.15) is 20.7 Å². The van der Waals surface area contributed by atoms with Crippen LogP contribution in [0.4, 0.5) is 5.69 Å². The Bertz CT molecular complexity index is 689. The maximum atomic E-state index is 12.1. The van der Waals surface area contributed by atoms with E-state index in [2.05, 4.69) is 21.2 Å². The summed E-state index contributed by atoms with van der Waals surface area (Å²) in [6, 6.07) is 11.4. The molecule has 0 aromatic heterocycles. The van der Waals surface area contributed by atoms with Crippen molar-refractivity contribution in [2.45, 2.75) is 0 Å². The summed E-state index contributed by atoms with van der Waals surface area (Å²) in [6.45, 7) is 0. The zero-order valence-electron chi connectivity index (χ0n) is 10.2. The van der Waals surface area contributed by atoms with Crippen LogP contribution in [0, 0.1) is 0 Å². The van der Waals surface area contributed by atoms with Crippen molar-refractivity contribution in [3.8, 4) is 0 Å². The number of benzene rings is 2. The van der Waals surface area contributed by atoms with Gasteiger partial charge in [-0.1, -0.05) is 23.7 Å². The summed E-state index contributed by atoms with van der Waals surface area (Å²) in [5.74, 6) is -0.970. The lowest BCUT2D eigenvalue weighted by atomic mass is 10.1. The van der Waals surface area contributed by atoms with E-state index in [1.54, 1.807) is 36.4 Å². The minimum atomic E-state index is -0.602. The Kier molecular flexibility index (Phi) is 4.42. The summed E-state index contributed by atoms with van der Waals surface area (Å²) in [5.41, 5.74) is 6.26. The normalized spacial score (nSPS) is 10.1. The molecule has 0 saturated carbocycles. The molecule has 6 heteroatoms. The van der Waals surface area contributed by atoms with Gasteiger partial charge in [0.25, 0.3) is 11.8 Å². The van der Waals surface area contributed by atoms with E-state index in [4.69, 9.17) is 17.3 Å². The molecule has 0 fully saturated rings. The maximum Gasteiger partial charge on any atom is 0.255 e. The monoisotopic (exact) mass is 352 g/mol. The Morgan fingerprint density at radius 3 is 2.50 bits per heavy atom. The van der Waals surface area contributed by atoms with Crippen molar-refractivity contribution in [3.63, 3.8) is 0 Å². The van der Waals surface area contributed by atoms with Gasteiger partial charge in [0, 0.05) is 10.0 Å². The van der Waals surface area contributed by atoms with Gasteiger partial charge in [-0.05, 0) is 46.3 Å². The van der Waals surface area contributed by atoms with Gasteiger partial charge in [-0.25, -0.2) is 0 Å². The molecule has 102 valence electrons. The highest BCUT2D eigenvalue weighted by molar-refractivity contribution is 9.10. The van der Waals surface area contributed by atoms with Crippen LogP contribution in [0.5, 0.6) is 0 Å². The summed E-state index contributed by atoms with van der Waals surface area (Å²) in [4.78, 5) is 23.4. The van der Waals surface area contributed by atoms with Crippen molar-refractivity contribution in [2.75, 3.05) is 5.32 Å². The van der Waals surface area contributed by atoms with E-state index >= 15 is 0 Å². The summed E-state index contributed by atoms with van der Waals surface area (Å²) in [5, 5.41) is 3.07. The molecule has 2 rings (SSSR count). The van der Waals surface area contributed by atoms with Crippen LogP contribution in [-0.2, 0) is 0 Å². The number of halogens is 2. The predicted molar refractivity (Wildman–Crippen MR) is 82.1 cm³/mol. The molecule has 0 spiro atoms. The average molecular weight is 354 g/mol. The molecule has 0 saturated heterocycles. The van der Waals surface area contributed by atoms with Crippen LogP contribution >= 0.6 is 27.5 Å². The lowest BCUT2D eigenvalue weighted by molar-refractivity contribution is 0.100. The van der Waals surface area contributed by atoms with Crippen LogP contribution < -0.4 is 11.1 Å². The number of anilines is 1. The third-order valence-electron chi connectivity index (χ3n) is 2.62. The van der Waals surface area contributed by atoms with Crippen molar-refractivity contribution < 1.29 is 9.59 Å². The van der Waals surface area contributed by atoms with Gasteiger partial charge in [0.05, 0.1) is 16.3 Å². The first-order valence-electron chi connectivity index (χ1n) is 5.64. The Morgan fingerprint density at radius 1 is 1.15 bits per heavy atom. The SMILES string of the molecule is NC(=O)c1ccccc1NC(=O)c1ccc(Br)c(Cl)c1. The fraction of sp³-hybridized carbons (Fsp3) is 0. The number of hydrogen-bond acceptors (Lipinski definition) is 2. The molecular weight excluding hydrogens is 344 g/mol. The smallest absolute Gasteiger partial charge is 0.255 e. The molecule has 0 radical (unpaired) electrons. The fourth-order valence-electron chi connectivity index (χ4n) is 1.64. The molecular formula is C14H10BrClN2O2. The first kappa shape index (κ1) is 14.6. The zero-order valence-corrected chi connectivity index (χ0v) is 12.5. The molecule has 3 N–H and O–H groups in total. The number of amides is 2. The van der Waals surface area contributed by atoms with Crippen LogP contribution in [-0.4, -0.2) is 11.8 Å². The van der Waals surface area contributed by atoms with Crippen molar-refractivity contribution >= 4 is 45.0 Å². The van der Waals surface area contributed by atoms with Crippen LogP contribution in [0.15, 0.2) is 46.9 Å². The molecule has 0 atom stereocenters. The molecule has 20 heavy (non-hydrogen) atoms. The molecule has 2 amide bonds. The Labute approximate surface area is 129 Å². The number of rotatable bonds is 3. The number of nitrogens with two attached hydrogens (primary N) is 1. The topological polar surface area (TPSA) is 72.2 Å². The molecule has 0 aliphatic rings. The van der Waals surface area contributed by atoms with Crippen LogP contribution in [0.2, 0.25) is 5.02 Å². The second kappa shape index (κ2) is 6.07. The number of carbonyl (C=O) groups excluding carboxylic acids is 2. The van der Waals surface area contributed by atoms with E-state index in [0.717, 1.165) is 0 Å². The zero-order chi connectivity index (χ0) is 14.7. The second-order valence-electron chi connectivity index (χ2n) is 3.99. The highest BCUT2D eigenvalue weighted by atomic mass is 79.9. The van der Waals surface area contributed by atoms with Gasteiger partial charge in [0.15, 0.2) is 0 Å². The number of primary amides is 1. The molecule has 0 unspecified atom stereocenters. The van der Waals surface area contributed by atoms with Crippen LogP contribution in [0.3, 0.4) is 0 Å². The first-order chi connectivity index (χ1) is 9.49. The van der Waals surface area contributed by atoms with Crippen LogP contribution in [0.25, 0.3) is 0 Å². The standard InChI is InChI=1S/C14H10BrClN2O2/c15-10-6-5-8(7-11(10)16)14(20)18-12-4-2-1-3-9(12)13(17)19/h1-7H,(H2,17,19)(H,18,20). The van der Waals surface area contributed by atoms with Gasteiger partial charge >= 0.3 is 0 Å². The van der Waals surface area contributed by atoms with Gasteiger partial charge in [-0.3, -0.25) is 9.59 Å². The largest absolute Gasteiger partial charge is 0.366 e. The Morgan fingerprint density at radius 2 is 1.85 bits per heavy atom. The fourth-order valence-corrected chi connectivity index (χ4v) is 2.07. The van der Waals surface area contributed by atoms with Gasteiger partial charge in [0.2, 0.25) is 0 Å². The van der Waals surface area contributed by atoms with Gasteiger partial charge in [0.1, 0.15) is 0 Å². The minimum Gasteiger partial charge on any atom is -0.366 e. The molecule has 0 aliphatic carbocycles. The number of para-hydroxylation sites is 1. The summed E-state index contributed by atoms with van der Waals surface area (Å²) < 4.78 is 0.702. The van der Waals surface area contributed by atoms with Crippen molar-refractivity contribution in [1.29, 1.82) is 0 Å². The van der Waals surface area contributed by atoms with E-state index in [1.807, 2.05) is 0 Å². The van der Waals surface area contributed by atoms with E-state index in [9.17, 15) is 9.59 Å².